The van der Waals surface area contributed by atoms with E-state index in [9.17, 15) is 14.4 Å². The van der Waals surface area contributed by atoms with Gasteiger partial charge in [0.05, 0.1) is 10.6 Å². The monoisotopic (exact) mass is 369 g/mol. The number of nitrogens with zero attached hydrogens (tertiary/aromatic N) is 1. The minimum absolute atomic E-state index is 0.0317. The highest BCUT2D eigenvalue weighted by molar-refractivity contribution is 6.36. The second-order valence-electron chi connectivity index (χ2n) is 4.56. The van der Waals surface area contributed by atoms with E-state index >= 15 is 0 Å². The minimum atomic E-state index is -0.853. The van der Waals surface area contributed by atoms with Gasteiger partial charge in [0.2, 0.25) is 5.78 Å². The molecule has 126 valence electrons. The van der Waals surface area contributed by atoms with E-state index in [-0.39, 0.29) is 21.9 Å². The van der Waals surface area contributed by atoms with Crippen LogP contribution >= 0.6 is 23.2 Å². The Bertz CT molecular complexity index is 750. The zero-order valence-corrected chi connectivity index (χ0v) is 14.1. The molecule has 0 aromatic heterocycles. The number of rotatable bonds is 6. The lowest BCUT2D eigenvalue weighted by molar-refractivity contribution is -0.145. The quantitative estimate of drug-likeness (QED) is 0.445. The van der Waals surface area contributed by atoms with Crippen LogP contribution in [0.1, 0.15) is 17.3 Å². The molecule has 0 heterocycles. The van der Waals surface area contributed by atoms with E-state index in [1.54, 1.807) is 6.07 Å². The number of Topliss-reactive ketones (excluding diaryl/α,β-unsaturated/α-hetero) is 1. The van der Waals surface area contributed by atoms with Gasteiger partial charge < -0.3 is 15.8 Å². The normalized spacial score (nSPS) is 11.1. The predicted octanol–water partition coefficient (Wildman–Crippen LogP) is 1.59. The van der Waals surface area contributed by atoms with Gasteiger partial charge in [0.1, 0.15) is 18.2 Å². The number of nitriles is 1. The molecule has 0 unspecified atom stereocenters. The van der Waals surface area contributed by atoms with Crippen molar-refractivity contribution in [1.29, 1.82) is 5.26 Å². The molecule has 1 amide bonds. The van der Waals surface area contributed by atoms with E-state index in [1.807, 2.05) is 0 Å². The number of nitrogens with one attached hydrogen (secondary N) is 1. The summed E-state index contributed by atoms with van der Waals surface area (Å²) in [7, 11) is 0. The van der Waals surface area contributed by atoms with Crippen LogP contribution in [0.3, 0.4) is 0 Å². The van der Waals surface area contributed by atoms with Gasteiger partial charge in [-0.2, -0.15) is 5.26 Å². The summed E-state index contributed by atoms with van der Waals surface area (Å²) in [5.41, 5.74) is 5.25. The van der Waals surface area contributed by atoms with Gasteiger partial charge in [-0.15, -0.1) is 0 Å². The first-order valence-corrected chi connectivity index (χ1v) is 7.30. The van der Waals surface area contributed by atoms with Gasteiger partial charge in [-0.3, -0.25) is 14.4 Å². The Hall–Kier alpha value is -2.56. The van der Waals surface area contributed by atoms with Crippen molar-refractivity contribution in [3.05, 3.63) is 45.1 Å². The Morgan fingerprint density at radius 2 is 2.00 bits per heavy atom. The standard InChI is InChI=1S/C15H13Cl2N3O4/c1-8(19)11(5-18)13(21)7-24-14(22)6-20-15(23)10-3-2-9(16)4-12(10)17/h2-4H,6-7,19H2,1H3,(H,20,23). The van der Waals surface area contributed by atoms with E-state index in [0.29, 0.717) is 5.02 Å². The smallest absolute Gasteiger partial charge is 0.325 e. The van der Waals surface area contributed by atoms with Gasteiger partial charge in [0.15, 0.2) is 6.61 Å². The summed E-state index contributed by atoms with van der Waals surface area (Å²) in [4.78, 5) is 35.0. The molecule has 24 heavy (non-hydrogen) atoms. The van der Waals surface area contributed by atoms with Gasteiger partial charge in [0, 0.05) is 10.7 Å². The predicted molar refractivity (Wildman–Crippen MR) is 87.3 cm³/mol. The Labute approximate surface area is 148 Å². The SMILES string of the molecule is CC(N)=C(C#N)C(=O)COC(=O)CNC(=O)c1ccc(Cl)cc1Cl. The van der Waals surface area contributed by atoms with Crippen molar-refractivity contribution in [2.45, 2.75) is 6.92 Å². The largest absolute Gasteiger partial charge is 0.456 e. The number of allylic oxidation sites excluding steroid dienone is 1. The molecule has 0 saturated carbocycles. The summed E-state index contributed by atoms with van der Waals surface area (Å²) in [5, 5.41) is 11.5. The molecule has 1 rings (SSSR count). The van der Waals surface area contributed by atoms with Crippen LogP contribution in [-0.2, 0) is 14.3 Å². The number of halogens is 2. The zero-order chi connectivity index (χ0) is 18.3. The maximum absolute atomic E-state index is 11.9. The first kappa shape index (κ1) is 19.5. The highest BCUT2D eigenvalue weighted by Gasteiger charge is 2.16. The third kappa shape index (κ3) is 5.57. The fraction of sp³-hybridized carbons (Fsp3) is 0.200. The molecule has 1 aromatic rings. The molecule has 7 nitrogen and oxygen atoms in total. The molecule has 0 atom stereocenters. The molecule has 0 fully saturated rings. The lowest BCUT2D eigenvalue weighted by Crippen LogP contribution is -2.31. The summed E-state index contributed by atoms with van der Waals surface area (Å²) in [6, 6.07) is 5.90. The number of ketones is 1. The fourth-order valence-corrected chi connectivity index (χ4v) is 2.06. The summed E-state index contributed by atoms with van der Waals surface area (Å²) in [6.45, 7) is 0.264. The Morgan fingerprint density at radius 1 is 1.33 bits per heavy atom. The maximum atomic E-state index is 11.9. The summed E-state index contributed by atoms with van der Waals surface area (Å²) in [5.74, 6) is -2.18. The second-order valence-corrected chi connectivity index (χ2v) is 5.40. The molecular formula is C15H13Cl2N3O4. The molecule has 0 aliphatic carbocycles. The Balaban J connectivity index is 2.52. The average molecular weight is 370 g/mol. The molecule has 0 spiro atoms. The first-order valence-electron chi connectivity index (χ1n) is 6.54. The molecule has 1 aromatic carbocycles. The zero-order valence-electron chi connectivity index (χ0n) is 12.6. The number of esters is 1. The number of carbonyl (C=O) groups is 3. The number of hydrogen-bond acceptors (Lipinski definition) is 6. The third-order valence-corrected chi connectivity index (χ3v) is 3.27. The van der Waals surface area contributed by atoms with Crippen molar-refractivity contribution >= 4 is 40.9 Å². The number of carbonyl (C=O) groups excluding carboxylic acids is 3. The van der Waals surface area contributed by atoms with E-state index in [2.05, 4.69) is 10.1 Å². The van der Waals surface area contributed by atoms with Crippen LogP contribution in [-0.4, -0.2) is 30.8 Å². The topological polar surface area (TPSA) is 122 Å². The Morgan fingerprint density at radius 3 is 2.54 bits per heavy atom. The molecule has 0 saturated heterocycles. The lowest BCUT2D eigenvalue weighted by Gasteiger charge is -2.07. The van der Waals surface area contributed by atoms with Crippen molar-refractivity contribution in [3.63, 3.8) is 0 Å². The first-order chi connectivity index (χ1) is 11.3. The molecule has 0 bridgehead atoms. The molecule has 0 aliphatic rings. The number of hydrogen-bond donors (Lipinski definition) is 2. The summed E-state index contributed by atoms with van der Waals surface area (Å²) in [6.07, 6.45) is 0. The fourth-order valence-electron chi connectivity index (χ4n) is 1.56. The third-order valence-electron chi connectivity index (χ3n) is 2.72. The van der Waals surface area contributed by atoms with Crippen LogP contribution in [0.4, 0.5) is 0 Å². The van der Waals surface area contributed by atoms with Crippen LogP contribution < -0.4 is 11.1 Å². The van der Waals surface area contributed by atoms with Crippen LogP contribution in [0.15, 0.2) is 29.5 Å². The molecule has 3 N–H and O–H groups in total. The molecule has 9 heteroatoms. The second kappa shape index (κ2) is 8.91. The van der Waals surface area contributed by atoms with E-state index in [4.69, 9.17) is 34.2 Å². The van der Waals surface area contributed by atoms with Crippen molar-refractivity contribution in [3.8, 4) is 6.07 Å². The van der Waals surface area contributed by atoms with Crippen molar-refractivity contribution < 1.29 is 19.1 Å². The van der Waals surface area contributed by atoms with Crippen LogP contribution in [0, 0.1) is 11.3 Å². The Kier molecular flexibility index (Phi) is 7.24. The molecule has 0 radical (unpaired) electrons. The molecular weight excluding hydrogens is 357 g/mol. The van der Waals surface area contributed by atoms with Gasteiger partial charge in [-0.25, -0.2) is 0 Å². The number of ether oxygens (including phenoxy) is 1. The van der Waals surface area contributed by atoms with Crippen molar-refractivity contribution in [2.24, 2.45) is 5.73 Å². The lowest BCUT2D eigenvalue weighted by atomic mass is 10.1. The van der Waals surface area contributed by atoms with Gasteiger partial charge >= 0.3 is 5.97 Å². The van der Waals surface area contributed by atoms with Crippen molar-refractivity contribution in [1.82, 2.24) is 5.32 Å². The number of benzene rings is 1. The van der Waals surface area contributed by atoms with Crippen LogP contribution in [0.25, 0.3) is 0 Å². The summed E-state index contributed by atoms with van der Waals surface area (Å²) >= 11 is 11.6. The average Bonchev–Trinajstić information content (AvgIpc) is 2.50. The van der Waals surface area contributed by atoms with E-state index in [0.717, 1.165) is 0 Å². The van der Waals surface area contributed by atoms with Crippen molar-refractivity contribution in [2.75, 3.05) is 13.2 Å². The van der Waals surface area contributed by atoms with Crippen LogP contribution in [0.2, 0.25) is 10.0 Å². The van der Waals surface area contributed by atoms with Gasteiger partial charge in [-0.1, -0.05) is 23.2 Å². The summed E-state index contributed by atoms with van der Waals surface area (Å²) < 4.78 is 4.67. The molecule has 0 aliphatic heterocycles. The minimum Gasteiger partial charge on any atom is -0.456 e. The van der Waals surface area contributed by atoms with Gasteiger partial charge in [0.25, 0.3) is 5.91 Å². The van der Waals surface area contributed by atoms with Gasteiger partial charge in [-0.05, 0) is 25.1 Å². The highest BCUT2D eigenvalue weighted by Crippen LogP contribution is 2.20. The maximum Gasteiger partial charge on any atom is 0.325 e. The highest BCUT2D eigenvalue weighted by atomic mass is 35.5. The number of nitrogens with two attached hydrogens (primary N) is 1. The van der Waals surface area contributed by atoms with Crippen LogP contribution in [0.5, 0.6) is 0 Å². The van der Waals surface area contributed by atoms with E-state index < -0.39 is 30.8 Å². The number of amides is 1. The van der Waals surface area contributed by atoms with E-state index in [1.165, 1.54) is 25.1 Å².